The Kier molecular flexibility index (Phi) is 4.48. The van der Waals surface area contributed by atoms with Gasteiger partial charge in [0.25, 0.3) is 11.8 Å². The number of benzene rings is 3. The Morgan fingerprint density at radius 1 is 0.792 bits per heavy atom. The zero-order valence-electron chi connectivity index (χ0n) is 12.4. The Balaban J connectivity index is 1.77. The summed E-state index contributed by atoms with van der Waals surface area (Å²) in [5.74, 6) is -1.21. The van der Waals surface area contributed by atoms with Gasteiger partial charge in [0.2, 0.25) is 0 Å². The normalized spacial score (nSPS) is 10.4. The van der Waals surface area contributed by atoms with Crippen molar-refractivity contribution >= 4 is 38.5 Å². The Labute approximate surface area is 146 Å². The summed E-state index contributed by atoms with van der Waals surface area (Å²) in [5, 5.41) is 11.7. The molecule has 24 heavy (non-hydrogen) atoms. The van der Waals surface area contributed by atoms with Crippen molar-refractivity contribution in [2.75, 3.05) is 0 Å². The molecule has 0 aliphatic rings. The zero-order chi connectivity index (χ0) is 17.1. The molecule has 0 saturated carbocycles. The lowest BCUT2D eigenvalue weighted by Gasteiger charge is -2.10. The van der Waals surface area contributed by atoms with Crippen LogP contribution >= 0.6 is 15.9 Å². The van der Waals surface area contributed by atoms with E-state index in [0.717, 1.165) is 10.8 Å². The van der Waals surface area contributed by atoms with Crippen molar-refractivity contribution in [2.24, 2.45) is 0 Å². The monoisotopic (exact) mass is 384 g/mol. The van der Waals surface area contributed by atoms with Crippen LogP contribution in [0.3, 0.4) is 0 Å². The summed E-state index contributed by atoms with van der Waals surface area (Å²) in [6.07, 6.45) is 0. The number of halogens is 1. The summed E-state index contributed by atoms with van der Waals surface area (Å²) >= 11 is 3.27. The highest BCUT2D eigenvalue weighted by Crippen LogP contribution is 2.24. The quantitative estimate of drug-likeness (QED) is 0.592. The number of phenolic OH excluding ortho intramolecular Hbond substituents is 1. The first kappa shape index (κ1) is 16.0. The van der Waals surface area contributed by atoms with Crippen LogP contribution in [0.4, 0.5) is 0 Å². The molecular weight excluding hydrogens is 372 g/mol. The van der Waals surface area contributed by atoms with Gasteiger partial charge in [-0.3, -0.25) is 20.4 Å². The summed E-state index contributed by atoms with van der Waals surface area (Å²) in [5.41, 5.74) is 5.12. The van der Waals surface area contributed by atoms with Crippen LogP contribution in [0.2, 0.25) is 0 Å². The summed E-state index contributed by atoms with van der Waals surface area (Å²) in [7, 11) is 0. The van der Waals surface area contributed by atoms with Gasteiger partial charge >= 0.3 is 0 Å². The smallest absolute Gasteiger partial charge is 0.273 e. The molecule has 3 rings (SSSR count). The van der Waals surface area contributed by atoms with Gasteiger partial charge in [0.1, 0.15) is 5.75 Å². The lowest BCUT2D eigenvalue weighted by molar-refractivity contribution is 0.0844. The van der Waals surface area contributed by atoms with Crippen molar-refractivity contribution in [1.29, 1.82) is 0 Å². The average Bonchev–Trinajstić information content (AvgIpc) is 2.59. The Morgan fingerprint density at radius 2 is 1.33 bits per heavy atom. The Bertz CT molecular complexity index is 940. The minimum absolute atomic E-state index is 0.0844. The average molecular weight is 385 g/mol. The molecule has 3 aromatic rings. The van der Waals surface area contributed by atoms with Gasteiger partial charge in [0.05, 0.1) is 11.1 Å². The van der Waals surface area contributed by atoms with E-state index in [9.17, 15) is 14.7 Å². The number of hydrogen-bond donors (Lipinski definition) is 3. The predicted octanol–water partition coefficient (Wildman–Crippen LogP) is 3.38. The molecule has 0 unspecified atom stereocenters. The van der Waals surface area contributed by atoms with Crippen LogP contribution in [0.5, 0.6) is 5.75 Å². The molecule has 5 nitrogen and oxygen atoms in total. The fourth-order valence-corrected chi connectivity index (χ4v) is 2.77. The van der Waals surface area contributed by atoms with Crippen molar-refractivity contribution in [3.63, 3.8) is 0 Å². The van der Waals surface area contributed by atoms with E-state index in [1.54, 1.807) is 30.3 Å². The molecule has 0 atom stereocenters. The topological polar surface area (TPSA) is 78.4 Å². The van der Waals surface area contributed by atoms with Crippen LogP contribution in [-0.4, -0.2) is 16.9 Å². The molecule has 6 heteroatoms. The third-order valence-electron chi connectivity index (χ3n) is 3.52. The van der Waals surface area contributed by atoms with Crippen molar-refractivity contribution in [3.05, 3.63) is 76.3 Å². The van der Waals surface area contributed by atoms with Gasteiger partial charge in [-0.05, 0) is 51.0 Å². The third-order valence-corrected chi connectivity index (χ3v) is 4.21. The molecule has 0 saturated heterocycles. The van der Waals surface area contributed by atoms with Crippen LogP contribution in [0.1, 0.15) is 20.7 Å². The van der Waals surface area contributed by atoms with Gasteiger partial charge in [-0.1, -0.05) is 36.4 Å². The van der Waals surface area contributed by atoms with Crippen molar-refractivity contribution in [3.8, 4) is 5.75 Å². The van der Waals surface area contributed by atoms with Crippen molar-refractivity contribution < 1.29 is 14.7 Å². The molecule has 0 fully saturated rings. The molecule has 0 bridgehead atoms. The summed E-state index contributed by atoms with van der Waals surface area (Å²) in [6, 6.07) is 17.3. The first-order chi connectivity index (χ1) is 11.6. The zero-order valence-corrected chi connectivity index (χ0v) is 14.0. The number of carbonyl (C=O) groups is 2. The maximum Gasteiger partial charge on any atom is 0.273 e. The molecule has 0 spiro atoms. The highest BCUT2D eigenvalue weighted by Gasteiger charge is 2.15. The van der Waals surface area contributed by atoms with Gasteiger partial charge in [-0.15, -0.1) is 0 Å². The number of nitrogens with one attached hydrogen (secondary N) is 2. The summed E-state index contributed by atoms with van der Waals surface area (Å²) in [6.45, 7) is 0. The van der Waals surface area contributed by atoms with Crippen molar-refractivity contribution in [2.45, 2.75) is 0 Å². The third kappa shape index (κ3) is 3.23. The number of fused-ring (bicyclic) bond motifs is 1. The highest BCUT2D eigenvalue weighted by atomic mass is 79.9. The van der Waals surface area contributed by atoms with E-state index in [4.69, 9.17) is 0 Å². The number of phenols is 1. The molecule has 120 valence electrons. The molecule has 2 amide bonds. The fourth-order valence-electron chi connectivity index (χ4n) is 2.30. The highest BCUT2D eigenvalue weighted by molar-refractivity contribution is 9.10. The van der Waals surface area contributed by atoms with E-state index >= 15 is 0 Å². The fraction of sp³-hybridized carbons (Fsp3) is 0. The lowest BCUT2D eigenvalue weighted by atomic mass is 10.1. The predicted molar refractivity (Wildman–Crippen MR) is 94.7 cm³/mol. The summed E-state index contributed by atoms with van der Waals surface area (Å²) < 4.78 is 0.616. The molecule has 0 radical (unpaired) electrons. The Morgan fingerprint density at radius 3 is 2.00 bits per heavy atom. The van der Waals surface area contributed by atoms with E-state index in [-0.39, 0.29) is 11.3 Å². The number of carbonyl (C=O) groups excluding carboxylic acids is 2. The second-order valence-corrected chi connectivity index (χ2v) is 5.96. The van der Waals surface area contributed by atoms with Crippen LogP contribution in [-0.2, 0) is 0 Å². The second kappa shape index (κ2) is 6.72. The molecule has 3 aromatic carbocycles. The molecule has 0 aliphatic carbocycles. The van der Waals surface area contributed by atoms with E-state index in [0.29, 0.717) is 10.0 Å². The first-order valence-corrected chi connectivity index (χ1v) is 7.92. The minimum Gasteiger partial charge on any atom is -0.507 e. The molecule has 3 N–H and O–H groups in total. The van der Waals surface area contributed by atoms with E-state index in [1.807, 2.05) is 24.3 Å². The largest absolute Gasteiger partial charge is 0.507 e. The SMILES string of the molecule is O=C(NNC(=O)c1ccccc1Br)c1cc2ccccc2cc1O. The van der Waals surface area contributed by atoms with E-state index < -0.39 is 11.8 Å². The maximum atomic E-state index is 12.2. The van der Waals surface area contributed by atoms with Gasteiger partial charge in [-0.2, -0.15) is 0 Å². The van der Waals surface area contributed by atoms with Gasteiger partial charge in [0, 0.05) is 4.47 Å². The Hall–Kier alpha value is -2.86. The molecule has 0 aliphatic heterocycles. The minimum atomic E-state index is -0.598. The number of hydrazine groups is 1. The number of rotatable bonds is 2. The van der Waals surface area contributed by atoms with Gasteiger partial charge in [-0.25, -0.2) is 0 Å². The summed E-state index contributed by atoms with van der Waals surface area (Å²) in [4.78, 5) is 24.3. The van der Waals surface area contributed by atoms with Crippen LogP contribution in [0, 0.1) is 0 Å². The van der Waals surface area contributed by atoms with Crippen molar-refractivity contribution in [1.82, 2.24) is 10.9 Å². The molecule has 0 heterocycles. The lowest BCUT2D eigenvalue weighted by Crippen LogP contribution is -2.41. The van der Waals surface area contributed by atoms with Crippen LogP contribution in [0.15, 0.2) is 65.1 Å². The van der Waals surface area contributed by atoms with E-state index in [2.05, 4.69) is 26.8 Å². The maximum absolute atomic E-state index is 12.2. The second-order valence-electron chi connectivity index (χ2n) is 5.10. The van der Waals surface area contributed by atoms with Crippen LogP contribution in [0.25, 0.3) is 10.8 Å². The van der Waals surface area contributed by atoms with Crippen LogP contribution < -0.4 is 10.9 Å². The number of aromatic hydroxyl groups is 1. The first-order valence-electron chi connectivity index (χ1n) is 7.13. The molecular formula is C18H13BrN2O3. The molecule has 0 aromatic heterocycles. The van der Waals surface area contributed by atoms with E-state index in [1.165, 1.54) is 6.07 Å². The number of amides is 2. The van der Waals surface area contributed by atoms with Gasteiger partial charge < -0.3 is 5.11 Å². The number of hydrogen-bond acceptors (Lipinski definition) is 3. The van der Waals surface area contributed by atoms with Gasteiger partial charge in [0.15, 0.2) is 0 Å². The standard InChI is InChI=1S/C18H13BrN2O3/c19-15-8-4-3-7-13(15)17(23)20-21-18(24)14-9-11-5-1-2-6-12(11)10-16(14)22/h1-10,22H,(H,20,23)(H,21,24).